The summed E-state index contributed by atoms with van der Waals surface area (Å²) in [5.41, 5.74) is 2.16. The molecule has 0 aliphatic rings. The van der Waals surface area contributed by atoms with Gasteiger partial charge in [-0.05, 0) is 31.9 Å². The van der Waals surface area contributed by atoms with Crippen LogP contribution in [0.3, 0.4) is 0 Å². The van der Waals surface area contributed by atoms with Gasteiger partial charge < -0.3 is 10.1 Å². The Bertz CT molecular complexity index is 344. The Morgan fingerprint density at radius 1 is 1.11 bits per heavy atom. The first-order valence-corrected chi connectivity index (χ1v) is 6.05. The van der Waals surface area contributed by atoms with Gasteiger partial charge in [-0.2, -0.15) is 0 Å². The minimum Gasteiger partial charge on any atom is -0.371 e. The summed E-state index contributed by atoms with van der Waals surface area (Å²) < 4.78 is 28.6. The molecule has 0 saturated carbocycles. The quantitative estimate of drug-likeness (QED) is 0.843. The van der Waals surface area contributed by atoms with Crippen molar-refractivity contribution >= 4 is 0 Å². The van der Waals surface area contributed by atoms with Crippen LogP contribution in [-0.4, -0.2) is 18.6 Å². The summed E-state index contributed by atoms with van der Waals surface area (Å²) in [4.78, 5) is 0. The molecule has 102 valence electrons. The Balaban J connectivity index is 2.38. The molecule has 0 spiro atoms. The zero-order chi connectivity index (χ0) is 13.6. The molecule has 0 bridgehead atoms. The largest absolute Gasteiger partial charge is 0.371 e. The van der Waals surface area contributed by atoms with Crippen LogP contribution in [0.5, 0.6) is 0 Å². The Kier molecular flexibility index (Phi) is 5.69. The highest BCUT2D eigenvalue weighted by Gasteiger charge is 2.08. The highest BCUT2D eigenvalue weighted by atomic mass is 19.3. The van der Waals surface area contributed by atoms with E-state index in [1.54, 1.807) is 0 Å². The smallest absolute Gasteiger partial charge is 0.261 e. The van der Waals surface area contributed by atoms with E-state index in [0.29, 0.717) is 0 Å². The molecule has 1 rings (SSSR count). The van der Waals surface area contributed by atoms with Crippen LogP contribution in [0.2, 0.25) is 0 Å². The summed E-state index contributed by atoms with van der Waals surface area (Å²) in [6.07, 6.45) is -2.40. The van der Waals surface area contributed by atoms with E-state index in [1.807, 2.05) is 24.3 Å². The summed E-state index contributed by atoms with van der Waals surface area (Å²) in [7, 11) is 0. The van der Waals surface area contributed by atoms with E-state index in [-0.39, 0.29) is 12.1 Å². The Morgan fingerprint density at radius 2 is 1.67 bits per heavy atom. The van der Waals surface area contributed by atoms with Crippen LogP contribution in [0.4, 0.5) is 8.78 Å². The van der Waals surface area contributed by atoms with Gasteiger partial charge in [0.25, 0.3) is 6.43 Å². The maximum absolute atomic E-state index is 11.9. The van der Waals surface area contributed by atoms with E-state index in [4.69, 9.17) is 4.74 Å². The number of nitrogens with one attached hydrogen (secondary N) is 1. The van der Waals surface area contributed by atoms with E-state index in [2.05, 4.69) is 26.1 Å². The van der Waals surface area contributed by atoms with Crippen LogP contribution in [-0.2, 0) is 17.9 Å². The first kappa shape index (κ1) is 15.1. The standard InChI is InChI=1S/C14H21F2NO/c1-14(2,3)17-8-11-4-6-12(7-5-11)9-18-10-13(15)16/h4-7,13,17H,8-10H2,1-3H3. The molecule has 1 aromatic carbocycles. The van der Waals surface area contributed by atoms with Crippen molar-refractivity contribution in [3.05, 3.63) is 35.4 Å². The number of hydrogen-bond donors (Lipinski definition) is 1. The van der Waals surface area contributed by atoms with Crippen molar-refractivity contribution in [2.45, 2.75) is 45.9 Å². The highest BCUT2D eigenvalue weighted by molar-refractivity contribution is 5.22. The van der Waals surface area contributed by atoms with Crippen molar-refractivity contribution < 1.29 is 13.5 Å². The summed E-state index contributed by atoms with van der Waals surface area (Å²) in [6, 6.07) is 7.79. The molecule has 0 aliphatic carbocycles. The van der Waals surface area contributed by atoms with Gasteiger partial charge in [0.1, 0.15) is 6.61 Å². The van der Waals surface area contributed by atoms with Gasteiger partial charge in [-0.3, -0.25) is 0 Å². The first-order valence-electron chi connectivity index (χ1n) is 6.05. The van der Waals surface area contributed by atoms with Crippen molar-refractivity contribution in [3.8, 4) is 0 Å². The molecule has 0 amide bonds. The van der Waals surface area contributed by atoms with Gasteiger partial charge in [-0.1, -0.05) is 24.3 Å². The summed E-state index contributed by atoms with van der Waals surface area (Å²) in [5, 5.41) is 3.39. The van der Waals surface area contributed by atoms with Crippen LogP contribution in [0.15, 0.2) is 24.3 Å². The number of rotatable bonds is 6. The molecule has 1 aromatic rings. The highest BCUT2D eigenvalue weighted by Crippen LogP contribution is 2.08. The minimum absolute atomic E-state index is 0.0824. The molecule has 2 nitrogen and oxygen atoms in total. The third-order valence-electron chi connectivity index (χ3n) is 2.36. The zero-order valence-corrected chi connectivity index (χ0v) is 11.2. The lowest BCUT2D eigenvalue weighted by molar-refractivity contribution is 0.00987. The van der Waals surface area contributed by atoms with Crippen molar-refractivity contribution in [2.75, 3.05) is 6.61 Å². The fourth-order valence-electron chi connectivity index (χ4n) is 1.39. The van der Waals surface area contributed by atoms with Gasteiger partial charge in [-0.25, -0.2) is 8.78 Å². The summed E-state index contributed by atoms with van der Waals surface area (Å²) in [6.45, 7) is 6.85. The molecule has 0 atom stereocenters. The molecular formula is C14H21F2NO. The second-order valence-electron chi connectivity index (χ2n) is 5.33. The van der Waals surface area contributed by atoms with Crippen LogP contribution >= 0.6 is 0 Å². The number of benzene rings is 1. The predicted octanol–water partition coefficient (Wildman–Crippen LogP) is 3.36. The first-order chi connectivity index (χ1) is 8.37. The van der Waals surface area contributed by atoms with Crippen molar-refractivity contribution in [2.24, 2.45) is 0 Å². The van der Waals surface area contributed by atoms with Crippen molar-refractivity contribution in [1.82, 2.24) is 5.32 Å². The van der Waals surface area contributed by atoms with Crippen LogP contribution < -0.4 is 5.32 Å². The minimum atomic E-state index is -2.40. The van der Waals surface area contributed by atoms with Gasteiger partial charge in [0.05, 0.1) is 6.61 Å². The average molecular weight is 257 g/mol. The lowest BCUT2D eigenvalue weighted by Crippen LogP contribution is -2.35. The lowest BCUT2D eigenvalue weighted by Gasteiger charge is -2.20. The number of hydrogen-bond acceptors (Lipinski definition) is 2. The van der Waals surface area contributed by atoms with Gasteiger partial charge in [-0.15, -0.1) is 0 Å². The number of halogens is 2. The van der Waals surface area contributed by atoms with Crippen molar-refractivity contribution in [3.63, 3.8) is 0 Å². The maximum atomic E-state index is 11.9. The number of ether oxygens (including phenoxy) is 1. The molecule has 18 heavy (non-hydrogen) atoms. The van der Waals surface area contributed by atoms with E-state index in [9.17, 15) is 8.78 Å². The molecule has 0 heterocycles. The molecule has 1 N–H and O–H groups in total. The molecule has 0 fully saturated rings. The average Bonchev–Trinajstić information content (AvgIpc) is 2.26. The zero-order valence-electron chi connectivity index (χ0n) is 11.2. The van der Waals surface area contributed by atoms with E-state index < -0.39 is 13.0 Å². The second kappa shape index (κ2) is 6.81. The molecule has 0 unspecified atom stereocenters. The Hall–Kier alpha value is -1.00. The Morgan fingerprint density at radius 3 is 2.17 bits per heavy atom. The fraction of sp³-hybridized carbons (Fsp3) is 0.571. The summed E-state index contributed by atoms with van der Waals surface area (Å²) in [5.74, 6) is 0. The predicted molar refractivity (Wildman–Crippen MR) is 68.7 cm³/mol. The van der Waals surface area contributed by atoms with Gasteiger partial charge in [0.15, 0.2) is 0 Å². The van der Waals surface area contributed by atoms with Crippen molar-refractivity contribution in [1.29, 1.82) is 0 Å². The molecule has 0 aliphatic heterocycles. The molecule has 0 saturated heterocycles. The second-order valence-corrected chi connectivity index (χ2v) is 5.33. The maximum Gasteiger partial charge on any atom is 0.261 e. The molecule has 0 radical (unpaired) electrons. The normalized spacial score (nSPS) is 12.1. The van der Waals surface area contributed by atoms with Crippen LogP contribution in [0.1, 0.15) is 31.9 Å². The molecular weight excluding hydrogens is 236 g/mol. The monoisotopic (exact) mass is 257 g/mol. The lowest BCUT2D eigenvalue weighted by atomic mass is 10.1. The van der Waals surface area contributed by atoms with E-state index in [1.165, 1.54) is 5.56 Å². The third-order valence-corrected chi connectivity index (χ3v) is 2.36. The van der Waals surface area contributed by atoms with E-state index in [0.717, 1.165) is 12.1 Å². The SMILES string of the molecule is CC(C)(C)NCc1ccc(COCC(F)F)cc1. The van der Waals surface area contributed by atoms with Crippen LogP contribution in [0, 0.1) is 0 Å². The van der Waals surface area contributed by atoms with E-state index >= 15 is 0 Å². The van der Waals surface area contributed by atoms with Crippen LogP contribution in [0.25, 0.3) is 0 Å². The summed E-state index contributed by atoms with van der Waals surface area (Å²) >= 11 is 0. The van der Waals surface area contributed by atoms with Gasteiger partial charge in [0, 0.05) is 12.1 Å². The molecule has 0 aromatic heterocycles. The molecule has 4 heteroatoms. The fourth-order valence-corrected chi connectivity index (χ4v) is 1.39. The Labute approximate surface area is 107 Å². The topological polar surface area (TPSA) is 21.3 Å². The van der Waals surface area contributed by atoms with Gasteiger partial charge in [0.2, 0.25) is 0 Å². The third kappa shape index (κ3) is 6.67. The number of alkyl halides is 2. The van der Waals surface area contributed by atoms with Gasteiger partial charge >= 0.3 is 0 Å².